The summed E-state index contributed by atoms with van der Waals surface area (Å²) in [6.07, 6.45) is -15.4. The number of aromatic hydroxyl groups is 2. The summed E-state index contributed by atoms with van der Waals surface area (Å²) in [4.78, 5) is 26.3. The number of benzene rings is 2. The molecule has 8 N–H and O–H groups in total. The molecule has 0 unspecified atom stereocenters. The van der Waals surface area contributed by atoms with E-state index in [-0.39, 0.29) is 22.4 Å². The quantitative estimate of drug-likeness (QED) is 0.167. The normalized spacial score (nSPS) is 35.1. The zero-order valence-corrected chi connectivity index (χ0v) is 21.8. The summed E-state index contributed by atoms with van der Waals surface area (Å²) in [7, 11) is 0. The van der Waals surface area contributed by atoms with Crippen LogP contribution in [0.4, 0.5) is 0 Å². The van der Waals surface area contributed by atoms with E-state index in [1.807, 2.05) is 0 Å². The number of phenols is 2. The van der Waals surface area contributed by atoms with Crippen molar-refractivity contribution in [3.8, 4) is 17.2 Å². The Morgan fingerprint density at radius 3 is 1.93 bits per heavy atom. The zero-order chi connectivity index (χ0) is 29.9. The largest absolute Gasteiger partial charge is 0.507 e. The number of aliphatic hydroxyl groups is 6. The molecule has 10 atom stereocenters. The number of rotatable bonds is 5. The molecule has 0 saturated carbocycles. The van der Waals surface area contributed by atoms with E-state index in [0.717, 1.165) is 6.07 Å². The fourth-order valence-corrected chi connectivity index (χ4v) is 5.09. The highest BCUT2D eigenvalue weighted by Gasteiger charge is 2.48. The third-order valence-corrected chi connectivity index (χ3v) is 7.61. The van der Waals surface area contributed by atoms with E-state index in [9.17, 15) is 50.4 Å². The molecule has 2 aromatic carbocycles. The fraction of sp³-hybridized carbons (Fsp3) is 0.481. The van der Waals surface area contributed by atoms with Crippen LogP contribution in [0.3, 0.4) is 0 Å². The van der Waals surface area contributed by atoms with Crippen LogP contribution in [0.2, 0.25) is 0 Å². The molecule has 41 heavy (non-hydrogen) atoms. The molecule has 5 rings (SSSR count). The van der Waals surface area contributed by atoms with Gasteiger partial charge in [0.15, 0.2) is 29.4 Å². The summed E-state index contributed by atoms with van der Waals surface area (Å²) < 4.78 is 21.9. The van der Waals surface area contributed by atoms with Gasteiger partial charge in [-0.05, 0) is 37.6 Å². The predicted octanol–water partition coefficient (Wildman–Crippen LogP) is -1.79. The maximum absolute atomic E-state index is 13.2. The molecule has 14 heteroatoms. The summed E-state index contributed by atoms with van der Waals surface area (Å²) >= 11 is 0. The molecule has 1 aliphatic carbocycles. The van der Waals surface area contributed by atoms with Gasteiger partial charge in [0.25, 0.3) is 0 Å². The van der Waals surface area contributed by atoms with Crippen molar-refractivity contribution < 1.29 is 69.4 Å². The number of ether oxygens (including phenoxy) is 4. The van der Waals surface area contributed by atoms with Crippen LogP contribution in [0.1, 0.15) is 44.3 Å². The molecule has 2 aromatic rings. The lowest BCUT2D eigenvalue weighted by atomic mass is 9.82. The van der Waals surface area contributed by atoms with E-state index < -0.39 is 96.6 Å². The van der Waals surface area contributed by atoms with E-state index in [2.05, 4.69) is 0 Å². The first-order valence-corrected chi connectivity index (χ1v) is 12.8. The van der Waals surface area contributed by atoms with Crippen molar-refractivity contribution >= 4 is 11.6 Å². The minimum absolute atomic E-state index is 0.123. The molecule has 2 aliphatic heterocycles. The molecule has 14 nitrogen and oxygen atoms in total. The van der Waals surface area contributed by atoms with Gasteiger partial charge in [0.05, 0.1) is 23.8 Å². The van der Waals surface area contributed by atoms with Gasteiger partial charge in [0, 0.05) is 11.1 Å². The van der Waals surface area contributed by atoms with Crippen LogP contribution in [-0.4, -0.2) is 120 Å². The maximum Gasteiger partial charge on any atom is 0.229 e. The Bertz CT molecular complexity index is 1360. The highest BCUT2D eigenvalue weighted by molar-refractivity contribution is 6.30. The van der Waals surface area contributed by atoms with E-state index in [1.54, 1.807) is 6.92 Å². The van der Waals surface area contributed by atoms with Gasteiger partial charge in [-0.2, -0.15) is 0 Å². The Morgan fingerprint density at radius 1 is 0.707 bits per heavy atom. The van der Waals surface area contributed by atoms with Crippen molar-refractivity contribution in [3.63, 3.8) is 0 Å². The van der Waals surface area contributed by atoms with Gasteiger partial charge in [0.2, 0.25) is 6.29 Å². The third kappa shape index (κ3) is 4.86. The zero-order valence-electron chi connectivity index (χ0n) is 21.8. The molecule has 2 heterocycles. The molecule has 0 spiro atoms. The molecule has 0 radical (unpaired) electrons. The van der Waals surface area contributed by atoms with Crippen LogP contribution in [0.5, 0.6) is 17.2 Å². The molecule has 0 aromatic heterocycles. The second-order valence-corrected chi connectivity index (χ2v) is 10.3. The number of fused-ring (bicyclic) bond motifs is 2. The SMILES string of the molecule is Cc1ccc2c(c1O)C(=O)c1ccc(O[C@H]3O[C@H](CO[C@H]4O[C@@H](C)[C@H](O)[C@@H](O)[C@H]4O)[C@@H](O)[C@H](O)[C@H]3O)c(O)c1C2=O. The average Bonchev–Trinajstić information content (AvgIpc) is 2.94. The van der Waals surface area contributed by atoms with Gasteiger partial charge in [0.1, 0.15) is 48.5 Å². The van der Waals surface area contributed by atoms with Crippen LogP contribution in [0, 0.1) is 6.92 Å². The molecular weight excluding hydrogens is 548 g/mol. The van der Waals surface area contributed by atoms with Gasteiger partial charge in [-0.1, -0.05) is 6.07 Å². The van der Waals surface area contributed by atoms with Crippen LogP contribution in [-0.2, 0) is 14.2 Å². The lowest BCUT2D eigenvalue weighted by molar-refractivity contribution is -0.318. The van der Waals surface area contributed by atoms with Crippen molar-refractivity contribution in [3.05, 3.63) is 52.1 Å². The number of carbonyl (C=O) groups excluding carboxylic acids is 2. The highest BCUT2D eigenvalue weighted by Crippen LogP contribution is 2.42. The second-order valence-electron chi connectivity index (χ2n) is 10.3. The maximum atomic E-state index is 13.2. The Balaban J connectivity index is 1.35. The molecule has 0 bridgehead atoms. The summed E-state index contributed by atoms with van der Waals surface area (Å²) in [6, 6.07) is 5.13. The lowest BCUT2D eigenvalue weighted by Gasteiger charge is -2.42. The van der Waals surface area contributed by atoms with Crippen LogP contribution in [0.25, 0.3) is 0 Å². The smallest absolute Gasteiger partial charge is 0.229 e. The van der Waals surface area contributed by atoms with Crippen LogP contribution in [0.15, 0.2) is 24.3 Å². The number of hydrogen-bond acceptors (Lipinski definition) is 14. The Hall–Kier alpha value is -3.18. The summed E-state index contributed by atoms with van der Waals surface area (Å²) in [5.74, 6) is -2.95. The number of ketones is 2. The number of hydrogen-bond donors (Lipinski definition) is 8. The predicted molar refractivity (Wildman–Crippen MR) is 133 cm³/mol. The van der Waals surface area contributed by atoms with E-state index in [1.165, 1.54) is 25.1 Å². The number of phenolic OH excluding ortho intramolecular Hbond substituents is 2. The Morgan fingerprint density at radius 2 is 1.27 bits per heavy atom. The van der Waals surface area contributed by atoms with Gasteiger partial charge in [-0.15, -0.1) is 0 Å². The highest BCUT2D eigenvalue weighted by atomic mass is 16.7. The molecular formula is C27H30O14. The van der Waals surface area contributed by atoms with Crippen molar-refractivity contribution in [2.45, 2.75) is 75.3 Å². The molecule has 3 aliphatic rings. The van der Waals surface area contributed by atoms with Gasteiger partial charge < -0.3 is 59.8 Å². The van der Waals surface area contributed by atoms with Crippen molar-refractivity contribution in [1.29, 1.82) is 0 Å². The van der Waals surface area contributed by atoms with Crippen molar-refractivity contribution in [2.24, 2.45) is 0 Å². The van der Waals surface area contributed by atoms with Gasteiger partial charge in [-0.25, -0.2) is 0 Å². The Labute approximate surface area is 232 Å². The van der Waals surface area contributed by atoms with Gasteiger partial charge in [-0.3, -0.25) is 9.59 Å². The number of aryl methyl sites for hydroxylation is 1. The molecule has 222 valence electrons. The average molecular weight is 579 g/mol. The summed E-state index contributed by atoms with van der Waals surface area (Å²) in [6.45, 7) is 2.47. The minimum Gasteiger partial charge on any atom is -0.507 e. The third-order valence-electron chi connectivity index (χ3n) is 7.61. The standard InChI is InChI=1S/C27H30O14/c1-8-3-4-10-14(16(8)28)18(30)11-5-6-12(20(32)15(11)19(10)31)40-27-25(37)23(35)21(33)13(41-27)7-38-26-24(36)22(34)17(29)9(2)39-26/h3-6,9,13,17,21-29,32-37H,7H2,1-2H3/t9-,13+,17-,21+,22+,23-,24+,25+,26-,27-/m0/s1. The van der Waals surface area contributed by atoms with Crippen LogP contribution < -0.4 is 4.74 Å². The van der Waals surface area contributed by atoms with E-state index >= 15 is 0 Å². The molecule has 0 amide bonds. The van der Waals surface area contributed by atoms with Gasteiger partial charge >= 0.3 is 0 Å². The lowest BCUT2D eigenvalue weighted by Crippen LogP contribution is -2.61. The van der Waals surface area contributed by atoms with E-state index in [4.69, 9.17) is 18.9 Å². The molecule has 2 saturated heterocycles. The monoisotopic (exact) mass is 578 g/mol. The first-order chi connectivity index (χ1) is 19.3. The first-order valence-electron chi connectivity index (χ1n) is 12.8. The molecule has 2 fully saturated rings. The topological polar surface area (TPSA) is 233 Å². The number of carbonyl (C=O) groups is 2. The summed E-state index contributed by atoms with van der Waals surface area (Å²) in [5.41, 5.74) is -0.514. The first kappa shape index (κ1) is 29.3. The van der Waals surface area contributed by atoms with Crippen molar-refractivity contribution in [2.75, 3.05) is 6.61 Å². The number of aliphatic hydroxyl groups excluding tert-OH is 6. The minimum atomic E-state index is -1.84. The fourth-order valence-electron chi connectivity index (χ4n) is 5.09. The van der Waals surface area contributed by atoms with E-state index in [0.29, 0.717) is 5.56 Å². The second kappa shape index (κ2) is 10.9. The summed E-state index contributed by atoms with van der Waals surface area (Å²) in [5, 5.41) is 82.6. The van der Waals surface area contributed by atoms with Crippen LogP contribution >= 0.6 is 0 Å². The Kier molecular flexibility index (Phi) is 7.80. The van der Waals surface area contributed by atoms with Crippen molar-refractivity contribution in [1.82, 2.24) is 0 Å².